The molecule has 0 aliphatic rings. The molecule has 1 amide bonds. The molecule has 0 unspecified atom stereocenters. The molecule has 9 heteroatoms. The van der Waals surface area contributed by atoms with Crippen LogP contribution in [-0.2, 0) is 14.8 Å². The van der Waals surface area contributed by atoms with Gasteiger partial charge in [0.1, 0.15) is 4.21 Å². The molecule has 0 spiro atoms. The van der Waals surface area contributed by atoms with Gasteiger partial charge in [-0.25, -0.2) is 13.2 Å². The highest BCUT2D eigenvalue weighted by Crippen LogP contribution is 2.22. The second-order valence-corrected chi connectivity index (χ2v) is 8.95. The number of amides is 1. The van der Waals surface area contributed by atoms with Crippen molar-refractivity contribution in [3.63, 3.8) is 0 Å². The lowest BCUT2D eigenvalue weighted by Gasteiger charge is -2.11. The standard InChI is InChI=1S/C20H18N2O5S2/c1-13-5-6-15(20(24)27-2)12-17(13)21-19(23)14-7-9-16(10-8-14)22-29(25,26)18-4-3-11-28-18/h3-12,22H,1-2H3,(H,21,23). The molecule has 0 aliphatic carbocycles. The molecule has 3 rings (SSSR count). The number of hydrogen-bond donors (Lipinski definition) is 2. The molecule has 150 valence electrons. The Morgan fingerprint density at radius 1 is 1.00 bits per heavy atom. The normalized spacial score (nSPS) is 11.0. The fourth-order valence-electron chi connectivity index (χ4n) is 2.51. The van der Waals surface area contributed by atoms with Gasteiger partial charge in [0.05, 0.1) is 12.7 Å². The van der Waals surface area contributed by atoms with Crippen LogP contribution in [0.2, 0.25) is 0 Å². The number of ether oxygens (including phenoxy) is 1. The summed E-state index contributed by atoms with van der Waals surface area (Å²) in [5, 5.41) is 4.43. The Kier molecular flexibility index (Phi) is 6.00. The van der Waals surface area contributed by atoms with Gasteiger partial charge in [0, 0.05) is 16.9 Å². The summed E-state index contributed by atoms with van der Waals surface area (Å²) in [4.78, 5) is 24.2. The molecule has 0 radical (unpaired) electrons. The van der Waals surface area contributed by atoms with E-state index < -0.39 is 16.0 Å². The van der Waals surface area contributed by atoms with Gasteiger partial charge < -0.3 is 10.1 Å². The Balaban J connectivity index is 1.74. The minimum absolute atomic E-state index is 0.209. The molecule has 0 aliphatic heterocycles. The first-order chi connectivity index (χ1) is 13.8. The molecule has 29 heavy (non-hydrogen) atoms. The molecule has 0 saturated carbocycles. The predicted octanol–water partition coefficient (Wildman–Crippen LogP) is 3.90. The quantitative estimate of drug-likeness (QED) is 0.578. The van der Waals surface area contributed by atoms with Gasteiger partial charge >= 0.3 is 5.97 Å². The van der Waals surface area contributed by atoms with Gasteiger partial charge in [-0.3, -0.25) is 9.52 Å². The maximum absolute atomic E-state index is 12.5. The lowest BCUT2D eigenvalue weighted by molar-refractivity contribution is 0.0600. The zero-order valence-corrected chi connectivity index (χ0v) is 17.3. The Bertz CT molecular complexity index is 1140. The van der Waals surface area contributed by atoms with Crippen molar-refractivity contribution in [1.29, 1.82) is 0 Å². The largest absolute Gasteiger partial charge is 0.465 e. The van der Waals surface area contributed by atoms with Gasteiger partial charge in [0.25, 0.3) is 15.9 Å². The molecule has 1 aromatic heterocycles. The number of esters is 1. The smallest absolute Gasteiger partial charge is 0.337 e. The first-order valence-electron chi connectivity index (χ1n) is 8.47. The average molecular weight is 431 g/mol. The van der Waals surface area contributed by atoms with E-state index in [1.54, 1.807) is 36.6 Å². The zero-order chi connectivity index (χ0) is 21.0. The van der Waals surface area contributed by atoms with Crippen molar-refractivity contribution in [2.45, 2.75) is 11.1 Å². The third-order valence-electron chi connectivity index (χ3n) is 4.07. The molecular weight excluding hydrogens is 412 g/mol. The van der Waals surface area contributed by atoms with Crippen LogP contribution in [0.25, 0.3) is 0 Å². The fourth-order valence-corrected chi connectivity index (χ4v) is 4.56. The van der Waals surface area contributed by atoms with Crippen molar-refractivity contribution >= 4 is 44.6 Å². The topological polar surface area (TPSA) is 102 Å². The average Bonchev–Trinajstić information content (AvgIpc) is 3.25. The van der Waals surface area contributed by atoms with E-state index in [9.17, 15) is 18.0 Å². The molecule has 0 saturated heterocycles. The van der Waals surface area contributed by atoms with Crippen molar-refractivity contribution in [1.82, 2.24) is 0 Å². The van der Waals surface area contributed by atoms with Crippen LogP contribution >= 0.6 is 11.3 Å². The van der Waals surface area contributed by atoms with Crippen molar-refractivity contribution in [2.75, 3.05) is 17.1 Å². The van der Waals surface area contributed by atoms with E-state index in [0.29, 0.717) is 22.5 Å². The van der Waals surface area contributed by atoms with Crippen LogP contribution in [0.5, 0.6) is 0 Å². The minimum atomic E-state index is -3.65. The van der Waals surface area contributed by atoms with Crippen LogP contribution in [0.1, 0.15) is 26.3 Å². The van der Waals surface area contributed by atoms with Crippen molar-refractivity contribution < 1.29 is 22.7 Å². The van der Waals surface area contributed by atoms with Gasteiger partial charge in [-0.1, -0.05) is 12.1 Å². The highest BCUT2D eigenvalue weighted by atomic mass is 32.2. The van der Waals surface area contributed by atoms with Crippen molar-refractivity contribution in [3.05, 3.63) is 76.7 Å². The van der Waals surface area contributed by atoms with Crippen LogP contribution in [-0.4, -0.2) is 27.4 Å². The number of thiophene rings is 1. The van der Waals surface area contributed by atoms with Crippen LogP contribution in [0.3, 0.4) is 0 Å². The summed E-state index contributed by atoms with van der Waals surface area (Å²) in [6.45, 7) is 1.80. The fraction of sp³-hybridized carbons (Fsp3) is 0.100. The number of benzene rings is 2. The number of methoxy groups -OCH3 is 1. The molecular formula is C20H18N2O5S2. The van der Waals surface area contributed by atoms with Gasteiger partial charge in [-0.2, -0.15) is 0 Å². The van der Waals surface area contributed by atoms with Gasteiger partial charge in [-0.15, -0.1) is 11.3 Å². The number of sulfonamides is 1. The van der Waals surface area contributed by atoms with E-state index in [4.69, 9.17) is 4.74 Å². The number of hydrogen-bond acceptors (Lipinski definition) is 6. The second-order valence-electron chi connectivity index (χ2n) is 6.09. The molecule has 0 fully saturated rings. The zero-order valence-electron chi connectivity index (χ0n) is 15.6. The molecule has 7 nitrogen and oxygen atoms in total. The Labute approximate surface area is 172 Å². The third kappa shape index (κ3) is 4.82. The summed E-state index contributed by atoms with van der Waals surface area (Å²) in [6, 6.07) is 14.1. The summed E-state index contributed by atoms with van der Waals surface area (Å²) in [6.07, 6.45) is 0. The Morgan fingerprint density at radius 3 is 2.31 bits per heavy atom. The Morgan fingerprint density at radius 2 is 1.69 bits per heavy atom. The minimum Gasteiger partial charge on any atom is -0.465 e. The molecule has 3 aromatic rings. The first kappa shape index (κ1) is 20.6. The summed E-state index contributed by atoms with van der Waals surface area (Å²) in [5.74, 6) is -0.884. The van der Waals surface area contributed by atoms with E-state index in [2.05, 4.69) is 10.0 Å². The van der Waals surface area contributed by atoms with Crippen molar-refractivity contribution in [3.8, 4) is 0 Å². The van der Waals surface area contributed by atoms with Gasteiger partial charge in [0.15, 0.2) is 0 Å². The number of aryl methyl sites for hydroxylation is 1. The maximum Gasteiger partial charge on any atom is 0.337 e. The SMILES string of the molecule is COC(=O)c1ccc(C)c(NC(=O)c2ccc(NS(=O)(=O)c3cccs3)cc2)c1. The van der Waals surface area contributed by atoms with Crippen LogP contribution in [0, 0.1) is 6.92 Å². The number of carbonyl (C=O) groups excluding carboxylic acids is 2. The summed E-state index contributed by atoms with van der Waals surface area (Å²) >= 11 is 1.12. The second kappa shape index (κ2) is 8.46. The van der Waals surface area contributed by atoms with Crippen LogP contribution in [0.15, 0.2) is 64.2 Å². The lowest BCUT2D eigenvalue weighted by Crippen LogP contribution is -2.14. The molecule has 0 bridgehead atoms. The Hall–Kier alpha value is -3.17. The van der Waals surface area contributed by atoms with E-state index in [0.717, 1.165) is 16.9 Å². The maximum atomic E-state index is 12.5. The summed E-state index contributed by atoms with van der Waals surface area (Å²) < 4.78 is 31.9. The number of rotatable bonds is 6. The molecule has 2 aromatic carbocycles. The highest BCUT2D eigenvalue weighted by Gasteiger charge is 2.16. The van der Waals surface area contributed by atoms with E-state index in [-0.39, 0.29) is 10.1 Å². The number of anilines is 2. The van der Waals surface area contributed by atoms with E-state index in [1.807, 2.05) is 0 Å². The van der Waals surface area contributed by atoms with Crippen LogP contribution < -0.4 is 10.0 Å². The summed E-state index contributed by atoms with van der Waals surface area (Å²) in [5.41, 5.74) is 2.28. The predicted molar refractivity (Wildman–Crippen MR) is 112 cm³/mol. The molecule has 2 N–H and O–H groups in total. The number of carbonyl (C=O) groups is 2. The van der Waals surface area contributed by atoms with Crippen LogP contribution in [0.4, 0.5) is 11.4 Å². The molecule has 1 heterocycles. The number of nitrogens with one attached hydrogen (secondary N) is 2. The van der Waals surface area contributed by atoms with E-state index in [1.165, 1.54) is 37.4 Å². The molecule has 0 atom stereocenters. The third-order valence-corrected chi connectivity index (χ3v) is 6.84. The van der Waals surface area contributed by atoms with Gasteiger partial charge in [-0.05, 0) is 60.3 Å². The lowest BCUT2D eigenvalue weighted by atomic mass is 10.1. The highest BCUT2D eigenvalue weighted by molar-refractivity contribution is 7.94. The van der Waals surface area contributed by atoms with Crippen molar-refractivity contribution in [2.24, 2.45) is 0 Å². The summed E-state index contributed by atoms with van der Waals surface area (Å²) in [7, 11) is -2.36. The van der Waals surface area contributed by atoms with Gasteiger partial charge in [0.2, 0.25) is 0 Å². The van der Waals surface area contributed by atoms with E-state index >= 15 is 0 Å². The monoisotopic (exact) mass is 430 g/mol. The first-order valence-corrected chi connectivity index (χ1v) is 10.8.